The van der Waals surface area contributed by atoms with E-state index in [-0.39, 0.29) is 12.5 Å². The van der Waals surface area contributed by atoms with Crippen LogP contribution in [0.25, 0.3) is 0 Å². The molecule has 0 saturated carbocycles. The lowest BCUT2D eigenvalue weighted by Crippen LogP contribution is -2.31. The molecule has 0 spiro atoms. The van der Waals surface area contributed by atoms with Crippen LogP contribution in [0.2, 0.25) is 0 Å². The smallest absolute Gasteiger partial charge is 0.315 e. The zero-order valence-corrected chi connectivity index (χ0v) is 14.3. The maximum Gasteiger partial charge on any atom is 0.315 e. The number of carbonyl (C=O) groups excluding carboxylic acids is 1. The van der Waals surface area contributed by atoms with Gasteiger partial charge in [0.25, 0.3) is 0 Å². The van der Waals surface area contributed by atoms with E-state index >= 15 is 0 Å². The molecule has 0 aliphatic rings. The molecule has 1 aromatic carbocycles. The van der Waals surface area contributed by atoms with Crippen LogP contribution in [0.3, 0.4) is 0 Å². The average Bonchev–Trinajstić information content (AvgIpc) is 2.38. The quantitative estimate of drug-likeness (QED) is 0.470. The van der Waals surface area contributed by atoms with Gasteiger partial charge in [-0.2, -0.15) is 0 Å². The number of ether oxygens (including phenoxy) is 1. The van der Waals surface area contributed by atoms with Crippen LogP contribution in [-0.2, 0) is 9.53 Å². The van der Waals surface area contributed by atoms with Crippen molar-refractivity contribution in [2.45, 2.75) is 57.0 Å². The Morgan fingerprint density at radius 3 is 2.67 bits per heavy atom. The molecule has 1 aromatic rings. The molecular weight excluding hydrogens is 282 g/mol. The minimum atomic E-state index is -0.488. The second kappa shape index (κ2) is 8.44. The molecule has 1 unspecified atom stereocenters. The number of hydrogen-bond acceptors (Lipinski definition) is 4. The van der Waals surface area contributed by atoms with Crippen LogP contribution < -0.4 is 5.73 Å². The predicted molar refractivity (Wildman–Crippen MR) is 89.7 cm³/mol. The zero-order chi connectivity index (χ0) is 15.9. The highest BCUT2D eigenvalue weighted by Crippen LogP contribution is 2.26. The Kier molecular flexibility index (Phi) is 7.26. The molecule has 0 aromatic heterocycles. The molecule has 4 heteroatoms. The van der Waals surface area contributed by atoms with Gasteiger partial charge < -0.3 is 10.5 Å². The fourth-order valence-electron chi connectivity index (χ4n) is 1.90. The van der Waals surface area contributed by atoms with Crippen molar-refractivity contribution in [2.24, 2.45) is 5.73 Å². The van der Waals surface area contributed by atoms with Crippen molar-refractivity contribution in [2.75, 3.05) is 12.3 Å². The first-order valence-corrected chi connectivity index (χ1v) is 8.51. The van der Waals surface area contributed by atoms with Gasteiger partial charge >= 0.3 is 5.97 Å². The van der Waals surface area contributed by atoms with Crippen molar-refractivity contribution in [1.82, 2.24) is 0 Å². The maximum atomic E-state index is 12.3. The van der Waals surface area contributed by atoms with E-state index in [2.05, 4.69) is 19.1 Å². The second-order valence-electron chi connectivity index (χ2n) is 6.10. The summed E-state index contributed by atoms with van der Waals surface area (Å²) < 4.78 is 5.46. The topological polar surface area (TPSA) is 52.3 Å². The monoisotopic (exact) mass is 309 g/mol. The summed E-state index contributed by atoms with van der Waals surface area (Å²) in [5.41, 5.74) is 6.24. The number of benzene rings is 1. The van der Waals surface area contributed by atoms with E-state index in [0.29, 0.717) is 0 Å². The van der Waals surface area contributed by atoms with E-state index in [0.717, 1.165) is 11.3 Å². The average molecular weight is 309 g/mol. The Labute approximate surface area is 132 Å². The number of unbranched alkanes of at least 4 members (excludes halogenated alkanes) is 1. The van der Waals surface area contributed by atoms with Crippen LogP contribution in [-0.4, -0.2) is 23.9 Å². The van der Waals surface area contributed by atoms with E-state index in [9.17, 15) is 4.79 Å². The second-order valence-corrected chi connectivity index (χ2v) is 7.26. The molecule has 21 heavy (non-hydrogen) atoms. The SMILES string of the molecule is CCCCSc1cccc(C(CN)C(=O)OC(C)(C)C)c1. The summed E-state index contributed by atoms with van der Waals surface area (Å²) in [6, 6.07) is 8.07. The molecular formula is C17H27NO2S. The molecule has 0 aliphatic carbocycles. The Balaban J connectivity index is 2.80. The van der Waals surface area contributed by atoms with Crippen molar-refractivity contribution in [3.63, 3.8) is 0 Å². The number of carbonyl (C=O) groups is 1. The van der Waals surface area contributed by atoms with Crippen LogP contribution in [0.1, 0.15) is 52.0 Å². The van der Waals surface area contributed by atoms with E-state index in [4.69, 9.17) is 10.5 Å². The third kappa shape index (κ3) is 6.53. The maximum absolute atomic E-state index is 12.3. The van der Waals surface area contributed by atoms with Gasteiger partial charge in [0, 0.05) is 11.4 Å². The van der Waals surface area contributed by atoms with E-state index < -0.39 is 11.5 Å². The first kappa shape index (κ1) is 18.1. The Hall–Kier alpha value is -1.00. The van der Waals surface area contributed by atoms with Gasteiger partial charge in [-0.25, -0.2) is 0 Å². The summed E-state index contributed by atoms with van der Waals surface area (Å²) in [5, 5.41) is 0. The highest BCUT2D eigenvalue weighted by atomic mass is 32.2. The highest BCUT2D eigenvalue weighted by Gasteiger charge is 2.25. The van der Waals surface area contributed by atoms with Gasteiger partial charge in [-0.05, 0) is 50.6 Å². The minimum Gasteiger partial charge on any atom is -0.459 e. The van der Waals surface area contributed by atoms with Crippen molar-refractivity contribution < 1.29 is 9.53 Å². The summed E-state index contributed by atoms with van der Waals surface area (Å²) in [5.74, 6) is 0.455. The summed E-state index contributed by atoms with van der Waals surface area (Å²) in [7, 11) is 0. The lowest BCUT2D eigenvalue weighted by Gasteiger charge is -2.23. The lowest BCUT2D eigenvalue weighted by molar-refractivity contribution is -0.156. The van der Waals surface area contributed by atoms with Crippen molar-refractivity contribution in [1.29, 1.82) is 0 Å². The predicted octanol–water partition coefficient (Wildman–Crippen LogP) is 3.96. The molecule has 1 atom stereocenters. The van der Waals surface area contributed by atoms with Crippen molar-refractivity contribution in [3.8, 4) is 0 Å². The Bertz CT molecular complexity index is 454. The first-order chi connectivity index (χ1) is 9.87. The number of thioether (sulfide) groups is 1. The molecule has 1 rings (SSSR count). The first-order valence-electron chi connectivity index (χ1n) is 7.53. The molecule has 3 nitrogen and oxygen atoms in total. The number of esters is 1. The molecule has 2 N–H and O–H groups in total. The van der Waals surface area contributed by atoms with Crippen LogP contribution in [0.4, 0.5) is 0 Å². The number of nitrogens with two attached hydrogens (primary N) is 1. The Morgan fingerprint density at radius 2 is 2.10 bits per heavy atom. The van der Waals surface area contributed by atoms with Gasteiger partial charge in [0.1, 0.15) is 5.60 Å². The van der Waals surface area contributed by atoms with Crippen LogP contribution in [0.15, 0.2) is 29.2 Å². The molecule has 0 radical (unpaired) electrons. The fraction of sp³-hybridized carbons (Fsp3) is 0.588. The van der Waals surface area contributed by atoms with Gasteiger partial charge in [0.2, 0.25) is 0 Å². The van der Waals surface area contributed by atoms with Crippen LogP contribution in [0, 0.1) is 0 Å². The molecule has 0 fully saturated rings. The van der Waals surface area contributed by atoms with E-state index in [1.807, 2.05) is 44.7 Å². The molecule has 0 aliphatic heterocycles. The van der Waals surface area contributed by atoms with Crippen molar-refractivity contribution in [3.05, 3.63) is 29.8 Å². The molecule has 0 saturated heterocycles. The van der Waals surface area contributed by atoms with Crippen molar-refractivity contribution >= 4 is 17.7 Å². The highest BCUT2D eigenvalue weighted by molar-refractivity contribution is 7.99. The molecule has 118 valence electrons. The third-order valence-corrected chi connectivity index (χ3v) is 4.03. The normalized spacial score (nSPS) is 13.0. The zero-order valence-electron chi connectivity index (χ0n) is 13.5. The lowest BCUT2D eigenvalue weighted by atomic mass is 9.99. The Morgan fingerprint density at radius 1 is 1.38 bits per heavy atom. The largest absolute Gasteiger partial charge is 0.459 e. The third-order valence-electron chi connectivity index (χ3n) is 2.95. The van der Waals surface area contributed by atoms with Crippen LogP contribution in [0.5, 0.6) is 0 Å². The summed E-state index contributed by atoms with van der Waals surface area (Å²) in [4.78, 5) is 13.4. The molecule has 0 amide bonds. The fourth-order valence-corrected chi connectivity index (χ4v) is 2.96. The van der Waals surface area contributed by atoms with E-state index in [1.165, 1.54) is 17.7 Å². The molecule has 0 bridgehead atoms. The number of rotatable bonds is 7. The summed E-state index contributed by atoms with van der Waals surface area (Å²) in [6.45, 7) is 8.06. The summed E-state index contributed by atoms with van der Waals surface area (Å²) in [6.07, 6.45) is 2.39. The van der Waals surface area contributed by atoms with Gasteiger partial charge in [0.15, 0.2) is 0 Å². The number of hydrogen-bond donors (Lipinski definition) is 1. The standard InChI is InChI=1S/C17H27NO2S/c1-5-6-10-21-14-9-7-8-13(11-14)15(12-18)16(19)20-17(2,3)4/h7-9,11,15H,5-6,10,12,18H2,1-4H3. The van der Waals surface area contributed by atoms with Crippen LogP contribution >= 0.6 is 11.8 Å². The minimum absolute atomic E-state index is 0.249. The van der Waals surface area contributed by atoms with Gasteiger partial charge in [-0.3, -0.25) is 4.79 Å². The summed E-state index contributed by atoms with van der Waals surface area (Å²) >= 11 is 1.82. The van der Waals surface area contributed by atoms with Gasteiger partial charge in [-0.1, -0.05) is 25.5 Å². The van der Waals surface area contributed by atoms with Gasteiger partial charge in [-0.15, -0.1) is 11.8 Å². The van der Waals surface area contributed by atoms with E-state index in [1.54, 1.807) is 0 Å². The molecule has 0 heterocycles. The van der Waals surface area contributed by atoms with Gasteiger partial charge in [0.05, 0.1) is 5.92 Å².